The molecule has 0 aliphatic heterocycles. The van der Waals surface area contributed by atoms with Gasteiger partial charge in [-0.25, -0.2) is 14.8 Å². The Kier molecular flexibility index (Phi) is 2.59. The Morgan fingerprint density at radius 1 is 1.44 bits per heavy atom. The van der Waals surface area contributed by atoms with E-state index >= 15 is 0 Å². The fraction of sp³-hybridized carbons (Fsp3) is 0.308. The van der Waals surface area contributed by atoms with Gasteiger partial charge in [-0.2, -0.15) is 0 Å². The molecule has 0 bridgehead atoms. The molecular weight excluding hydrogens is 230 g/mol. The number of aromatic nitrogens is 3. The largest absolute Gasteiger partial charge is 0.465 e. The summed E-state index contributed by atoms with van der Waals surface area (Å²) in [5.74, 6) is 0.925. The predicted octanol–water partition coefficient (Wildman–Crippen LogP) is 1.93. The minimum atomic E-state index is -0.360. The minimum Gasteiger partial charge on any atom is -0.465 e. The van der Waals surface area contributed by atoms with Gasteiger partial charge < -0.3 is 4.74 Å². The number of nitrogens with zero attached hydrogens (tertiary/aromatic N) is 3. The molecule has 1 aliphatic carbocycles. The highest BCUT2D eigenvalue weighted by atomic mass is 16.5. The third kappa shape index (κ3) is 1.99. The highest BCUT2D eigenvalue weighted by molar-refractivity contribution is 5.89. The lowest BCUT2D eigenvalue weighted by atomic mass is 10.2. The second-order valence-electron chi connectivity index (χ2n) is 4.37. The van der Waals surface area contributed by atoms with E-state index in [2.05, 4.69) is 14.7 Å². The third-order valence-electron chi connectivity index (χ3n) is 3.03. The van der Waals surface area contributed by atoms with Gasteiger partial charge in [0.25, 0.3) is 0 Å². The van der Waals surface area contributed by atoms with Crippen LogP contribution in [0.2, 0.25) is 0 Å². The molecule has 2 aromatic heterocycles. The van der Waals surface area contributed by atoms with E-state index in [1.54, 1.807) is 24.7 Å². The van der Waals surface area contributed by atoms with Crippen LogP contribution in [0.4, 0.5) is 0 Å². The smallest absolute Gasteiger partial charge is 0.338 e. The number of methoxy groups -OCH3 is 1. The zero-order valence-corrected chi connectivity index (χ0v) is 10.0. The molecule has 0 spiro atoms. The zero-order valence-electron chi connectivity index (χ0n) is 10.0. The van der Waals surface area contributed by atoms with Crippen LogP contribution < -0.4 is 0 Å². The van der Waals surface area contributed by atoms with Gasteiger partial charge in [0.05, 0.1) is 18.4 Å². The number of hydrogen-bond acceptors (Lipinski definition) is 4. The van der Waals surface area contributed by atoms with Crippen molar-refractivity contribution in [2.75, 3.05) is 7.11 Å². The van der Waals surface area contributed by atoms with Crippen molar-refractivity contribution in [3.63, 3.8) is 0 Å². The standard InChI is InChI=1S/C13H13N3O2/c1-18-13(17)10-4-5-14-12(6-10)16-7-11(15-8-16)9-2-3-9/h4-9H,2-3H2,1H3. The van der Waals surface area contributed by atoms with Crippen molar-refractivity contribution in [2.24, 2.45) is 0 Å². The van der Waals surface area contributed by atoms with E-state index in [1.165, 1.54) is 20.0 Å². The van der Waals surface area contributed by atoms with Crippen LogP contribution in [-0.2, 0) is 4.74 Å². The molecule has 0 atom stereocenters. The van der Waals surface area contributed by atoms with Gasteiger partial charge in [-0.1, -0.05) is 0 Å². The lowest BCUT2D eigenvalue weighted by Gasteiger charge is -2.03. The average Bonchev–Trinajstić information content (AvgIpc) is 3.15. The molecule has 0 radical (unpaired) electrons. The number of carbonyl (C=O) groups is 1. The summed E-state index contributed by atoms with van der Waals surface area (Å²) in [6.45, 7) is 0. The molecular formula is C13H13N3O2. The van der Waals surface area contributed by atoms with E-state index in [-0.39, 0.29) is 5.97 Å². The quantitative estimate of drug-likeness (QED) is 0.773. The van der Waals surface area contributed by atoms with Crippen LogP contribution in [0.25, 0.3) is 5.82 Å². The maximum atomic E-state index is 11.4. The summed E-state index contributed by atoms with van der Waals surface area (Å²) in [6.07, 6.45) is 7.73. The van der Waals surface area contributed by atoms with E-state index in [0.29, 0.717) is 17.3 Å². The lowest BCUT2D eigenvalue weighted by molar-refractivity contribution is 0.0600. The molecule has 0 unspecified atom stereocenters. The van der Waals surface area contributed by atoms with Gasteiger partial charge in [0.1, 0.15) is 12.1 Å². The predicted molar refractivity (Wildman–Crippen MR) is 64.7 cm³/mol. The van der Waals surface area contributed by atoms with Gasteiger partial charge >= 0.3 is 5.97 Å². The number of imidazole rings is 1. The molecule has 0 aromatic carbocycles. The van der Waals surface area contributed by atoms with Gasteiger partial charge in [0, 0.05) is 18.3 Å². The van der Waals surface area contributed by atoms with Crippen LogP contribution in [0.15, 0.2) is 30.9 Å². The Labute approximate surface area is 104 Å². The molecule has 1 aliphatic rings. The average molecular weight is 243 g/mol. The molecule has 1 fully saturated rings. The summed E-state index contributed by atoms with van der Waals surface area (Å²) in [4.78, 5) is 20.0. The van der Waals surface area contributed by atoms with E-state index in [0.717, 1.165) is 5.69 Å². The van der Waals surface area contributed by atoms with Crippen molar-refractivity contribution in [3.8, 4) is 5.82 Å². The topological polar surface area (TPSA) is 57.0 Å². The molecule has 1 saturated carbocycles. The normalized spacial score (nSPS) is 14.5. The highest BCUT2D eigenvalue weighted by Crippen LogP contribution is 2.39. The molecule has 18 heavy (non-hydrogen) atoms. The summed E-state index contributed by atoms with van der Waals surface area (Å²) < 4.78 is 6.52. The maximum Gasteiger partial charge on any atom is 0.338 e. The molecule has 0 amide bonds. The maximum absolute atomic E-state index is 11.4. The Hall–Kier alpha value is -2.17. The Balaban J connectivity index is 1.92. The van der Waals surface area contributed by atoms with E-state index in [4.69, 9.17) is 0 Å². The molecule has 92 valence electrons. The number of hydrogen-bond donors (Lipinski definition) is 0. The zero-order chi connectivity index (χ0) is 12.5. The fourth-order valence-corrected chi connectivity index (χ4v) is 1.86. The van der Waals surface area contributed by atoms with E-state index in [1.807, 2.05) is 10.8 Å². The minimum absolute atomic E-state index is 0.360. The molecule has 0 N–H and O–H groups in total. The molecule has 2 aromatic rings. The summed E-state index contributed by atoms with van der Waals surface area (Å²) in [5.41, 5.74) is 1.59. The number of esters is 1. The van der Waals surface area contributed by atoms with Crippen molar-refractivity contribution in [1.82, 2.24) is 14.5 Å². The van der Waals surface area contributed by atoms with E-state index in [9.17, 15) is 4.79 Å². The van der Waals surface area contributed by atoms with Crippen LogP contribution >= 0.6 is 0 Å². The SMILES string of the molecule is COC(=O)c1ccnc(-n2cnc(C3CC3)c2)c1. The first-order valence-electron chi connectivity index (χ1n) is 5.86. The lowest BCUT2D eigenvalue weighted by Crippen LogP contribution is -2.03. The Bertz CT molecular complexity index is 587. The fourth-order valence-electron chi connectivity index (χ4n) is 1.86. The monoisotopic (exact) mass is 243 g/mol. The molecule has 3 rings (SSSR count). The van der Waals surface area contributed by atoms with Crippen LogP contribution in [0.3, 0.4) is 0 Å². The van der Waals surface area contributed by atoms with Crippen molar-refractivity contribution in [2.45, 2.75) is 18.8 Å². The van der Waals surface area contributed by atoms with Crippen LogP contribution in [-0.4, -0.2) is 27.6 Å². The van der Waals surface area contributed by atoms with Crippen molar-refractivity contribution in [1.29, 1.82) is 0 Å². The molecule has 2 heterocycles. The van der Waals surface area contributed by atoms with Crippen molar-refractivity contribution in [3.05, 3.63) is 42.1 Å². The first kappa shape index (κ1) is 11.0. The molecule has 0 saturated heterocycles. The number of pyridine rings is 1. The summed E-state index contributed by atoms with van der Waals surface area (Å²) in [6, 6.07) is 3.33. The first-order chi connectivity index (χ1) is 8.78. The van der Waals surface area contributed by atoms with Crippen molar-refractivity contribution >= 4 is 5.97 Å². The second-order valence-corrected chi connectivity index (χ2v) is 4.37. The number of carbonyl (C=O) groups excluding carboxylic acids is 1. The van der Waals surface area contributed by atoms with Gasteiger partial charge in [-0.3, -0.25) is 4.57 Å². The van der Waals surface area contributed by atoms with Gasteiger partial charge in [0.15, 0.2) is 0 Å². The Morgan fingerprint density at radius 2 is 2.28 bits per heavy atom. The molecule has 5 nitrogen and oxygen atoms in total. The highest BCUT2D eigenvalue weighted by Gasteiger charge is 2.25. The van der Waals surface area contributed by atoms with Gasteiger partial charge in [0.2, 0.25) is 0 Å². The third-order valence-corrected chi connectivity index (χ3v) is 3.03. The number of ether oxygens (including phenoxy) is 1. The first-order valence-corrected chi connectivity index (χ1v) is 5.86. The van der Waals surface area contributed by atoms with Gasteiger partial charge in [-0.05, 0) is 25.0 Å². The Morgan fingerprint density at radius 3 is 3.00 bits per heavy atom. The summed E-state index contributed by atoms with van der Waals surface area (Å²) in [7, 11) is 1.37. The molecule has 5 heteroatoms. The van der Waals surface area contributed by atoms with Gasteiger partial charge in [-0.15, -0.1) is 0 Å². The summed E-state index contributed by atoms with van der Waals surface area (Å²) in [5, 5.41) is 0. The summed E-state index contributed by atoms with van der Waals surface area (Å²) >= 11 is 0. The van der Waals surface area contributed by atoms with Crippen molar-refractivity contribution < 1.29 is 9.53 Å². The van der Waals surface area contributed by atoms with Crippen LogP contribution in [0.1, 0.15) is 34.8 Å². The van der Waals surface area contributed by atoms with Crippen LogP contribution in [0.5, 0.6) is 0 Å². The second kappa shape index (κ2) is 4.25. The number of rotatable bonds is 3. The van der Waals surface area contributed by atoms with Crippen LogP contribution in [0, 0.1) is 0 Å². The van der Waals surface area contributed by atoms with E-state index < -0.39 is 0 Å².